The summed E-state index contributed by atoms with van der Waals surface area (Å²) in [6.07, 6.45) is 0. The third-order valence-corrected chi connectivity index (χ3v) is 2.37. The Bertz CT molecular complexity index is 344. The van der Waals surface area contributed by atoms with Crippen molar-refractivity contribution in [3.63, 3.8) is 0 Å². The topological polar surface area (TPSA) is 21.3 Å². The van der Waals surface area contributed by atoms with Crippen molar-refractivity contribution in [2.24, 2.45) is 0 Å². The molecule has 1 aromatic carbocycles. The van der Waals surface area contributed by atoms with Gasteiger partial charge in [0.2, 0.25) is 0 Å². The molecule has 0 bridgehead atoms. The van der Waals surface area contributed by atoms with Crippen molar-refractivity contribution >= 4 is 11.6 Å². The van der Waals surface area contributed by atoms with E-state index in [9.17, 15) is 0 Å². The minimum absolute atomic E-state index is 0.0891. The molecule has 0 atom stereocenters. The molecule has 16 heavy (non-hydrogen) atoms. The van der Waals surface area contributed by atoms with Crippen molar-refractivity contribution in [2.75, 3.05) is 6.61 Å². The zero-order valence-electron chi connectivity index (χ0n) is 10.4. The predicted molar refractivity (Wildman–Crippen MR) is 69.2 cm³/mol. The van der Waals surface area contributed by atoms with Crippen LogP contribution in [0.5, 0.6) is 5.75 Å². The highest BCUT2D eigenvalue weighted by Gasteiger charge is 2.11. The lowest BCUT2D eigenvalue weighted by atomic mass is 10.1. The first kappa shape index (κ1) is 13.3. The average Bonchev–Trinajstić information content (AvgIpc) is 2.17. The third kappa shape index (κ3) is 4.42. The summed E-state index contributed by atoms with van der Waals surface area (Å²) in [6.45, 7) is 9.83. The van der Waals surface area contributed by atoms with Crippen molar-refractivity contribution in [3.05, 3.63) is 28.8 Å². The van der Waals surface area contributed by atoms with Gasteiger partial charge in [-0.2, -0.15) is 0 Å². The molecule has 0 radical (unpaired) electrons. The fourth-order valence-electron chi connectivity index (χ4n) is 1.34. The molecule has 0 saturated heterocycles. The van der Waals surface area contributed by atoms with Crippen LogP contribution in [0.1, 0.15) is 33.3 Å². The first-order valence-electron chi connectivity index (χ1n) is 5.58. The van der Waals surface area contributed by atoms with E-state index >= 15 is 0 Å². The molecule has 3 heteroatoms. The van der Waals surface area contributed by atoms with Gasteiger partial charge in [-0.15, -0.1) is 0 Å². The number of ether oxygens (including phenoxy) is 1. The van der Waals surface area contributed by atoms with Gasteiger partial charge in [-0.1, -0.05) is 11.6 Å². The Hall–Kier alpha value is -0.730. The zero-order chi connectivity index (χ0) is 12.2. The monoisotopic (exact) mass is 241 g/mol. The second-order valence-electron chi connectivity index (χ2n) is 4.79. The fraction of sp³-hybridized carbons (Fsp3) is 0.538. The molecule has 90 valence electrons. The molecule has 0 unspecified atom stereocenters. The van der Waals surface area contributed by atoms with Crippen LogP contribution in [0.4, 0.5) is 0 Å². The van der Waals surface area contributed by atoms with Gasteiger partial charge in [0.25, 0.3) is 0 Å². The maximum Gasteiger partial charge on any atom is 0.123 e. The molecular weight excluding hydrogens is 222 g/mol. The molecule has 1 N–H and O–H groups in total. The largest absolute Gasteiger partial charge is 0.494 e. The van der Waals surface area contributed by atoms with Gasteiger partial charge in [-0.05, 0) is 45.9 Å². The van der Waals surface area contributed by atoms with Crippen molar-refractivity contribution in [1.29, 1.82) is 0 Å². The van der Waals surface area contributed by atoms with Crippen LogP contribution in [-0.2, 0) is 6.54 Å². The number of nitrogens with one attached hydrogen (secondary N) is 1. The van der Waals surface area contributed by atoms with Gasteiger partial charge >= 0.3 is 0 Å². The highest BCUT2D eigenvalue weighted by molar-refractivity contribution is 6.30. The number of hydrogen-bond donors (Lipinski definition) is 1. The quantitative estimate of drug-likeness (QED) is 0.869. The van der Waals surface area contributed by atoms with Gasteiger partial charge in [0.05, 0.1) is 6.61 Å². The van der Waals surface area contributed by atoms with Crippen LogP contribution in [0, 0.1) is 0 Å². The Balaban J connectivity index is 2.79. The zero-order valence-corrected chi connectivity index (χ0v) is 11.2. The van der Waals surface area contributed by atoms with E-state index in [-0.39, 0.29) is 5.54 Å². The van der Waals surface area contributed by atoms with E-state index in [1.54, 1.807) is 0 Å². The Morgan fingerprint density at radius 2 is 2.00 bits per heavy atom. The van der Waals surface area contributed by atoms with E-state index in [2.05, 4.69) is 26.1 Å². The summed E-state index contributed by atoms with van der Waals surface area (Å²) in [4.78, 5) is 0. The Kier molecular flexibility index (Phi) is 4.63. The lowest BCUT2D eigenvalue weighted by molar-refractivity contribution is 0.332. The molecule has 0 spiro atoms. The number of halogens is 1. The summed E-state index contributed by atoms with van der Waals surface area (Å²) >= 11 is 5.98. The first-order valence-corrected chi connectivity index (χ1v) is 5.96. The summed E-state index contributed by atoms with van der Waals surface area (Å²) in [5.74, 6) is 0.906. The van der Waals surface area contributed by atoms with Crippen LogP contribution in [0.2, 0.25) is 5.02 Å². The predicted octanol–water partition coefficient (Wildman–Crippen LogP) is 3.63. The maximum absolute atomic E-state index is 5.98. The van der Waals surface area contributed by atoms with Gasteiger partial charge < -0.3 is 10.1 Å². The van der Waals surface area contributed by atoms with Crippen molar-refractivity contribution in [3.8, 4) is 5.75 Å². The molecule has 0 amide bonds. The number of hydrogen-bond acceptors (Lipinski definition) is 2. The second kappa shape index (κ2) is 5.55. The van der Waals surface area contributed by atoms with Crippen LogP contribution in [0.15, 0.2) is 18.2 Å². The number of rotatable bonds is 4. The highest BCUT2D eigenvalue weighted by Crippen LogP contribution is 2.23. The molecule has 0 heterocycles. The lowest BCUT2D eigenvalue weighted by Crippen LogP contribution is -2.35. The van der Waals surface area contributed by atoms with E-state index in [1.807, 2.05) is 25.1 Å². The molecule has 1 aromatic rings. The first-order chi connectivity index (χ1) is 7.42. The van der Waals surface area contributed by atoms with Crippen molar-refractivity contribution < 1.29 is 4.74 Å². The maximum atomic E-state index is 5.98. The standard InChI is InChI=1S/C13H20ClNO/c1-5-16-12-7-6-11(14)8-10(12)9-15-13(2,3)4/h6-8,15H,5,9H2,1-4H3. The summed E-state index contributed by atoms with van der Waals surface area (Å²) in [6, 6.07) is 5.73. The van der Waals surface area contributed by atoms with Crippen LogP contribution >= 0.6 is 11.6 Å². The van der Waals surface area contributed by atoms with Crippen molar-refractivity contribution in [2.45, 2.75) is 39.8 Å². The SMILES string of the molecule is CCOc1ccc(Cl)cc1CNC(C)(C)C. The molecular formula is C13H20ClNO. The summed E-state index contributed by atoms with van der Waals surface area (Å²) in [5.41, 5.74) is 1.19. The summed E-state index contributed by atoms with van der Waals surface area (Å²) in [7, 11) is 0. The second-order valence-corrected chi connectivity index (χ2v) is 5.23. The van der Waals surface area contributed by atoms with Crippen LogP contribution in [-0.4, -0.2) is 12.1 Å². The Morgan fingerprint density at radius 1 is 1.31 bits per heavy atom. The van der Waals surface area contributed by atoms with Gasteiger partial charge in [-0.25, -0.2) is 0 Å². The minimum atomic E-state index is 0.0891. The molecule has 1 rings (SSSR count). The highest BCUT2D eigenvalue weighted by atomic mass is 35.5. The molecule has 0 aliphatic carbocycles. The van der Waals surface area contributed by atoms with Gasteiger partial charge in [0.15, 0.2) is 0 Å². The fourth-order valence-corrected chi connectivity index (χ4v) is 1.54. The van der Waals surface area contributed by atoms with E-state index in [4.69, 9.17) is 16.3 Å². The van der Waals surface area contributed by atoms with Crippen LogP contribution < -0.4 is 10.1 Å². The molecule has 0 aromatic heterocycles. The van der Waals surface area contributed by atoms with Crippen molar-refractivity contribution in [1.82, 2.24) is 5.32 Å². The van der Waals surface area contributed by atoms with E-state index in [1.165, 1.54) is 0 Å². The summed E-state index contributed by atoms with van der Waals surface area (Å²) in [5, 5.41) is 4.17. The molecule has 0 aliphatic heterocycles. The van der Waals surface area contributed by atoms with E-state index in [0.717, 1.165) is 22.9 Å². The molecule has 0 aliphatic rings. The minimum Gasteiger partial charge on any atom is -0.494 e. The van der Waals surface area contributed by atoms with Gasteiger partial charge in [-0.3, -0.25) is 0 Å². The molecule has 0 fully saturated rings. The normalized spacial score (nSPS) is 11.6. The Labute approximate surface area is 103 Å². The summed E-state index contributed by atoms with van der Waals surface area (Å²) < 4.78 is 5.56. The van der Waals surface area contributed by atoms with Crippen LogP contribution in [0.25, 0.3) is 0 Å². The van der Waals surface area contributed by atoms with E-state index < -0.39 is 0 Å². The third-order valence-electron chi connectivity index (χ3n) is 2.13. The number of benzene rings is 1. The average molecular weight is 242 g/mol. The molecule has 0 saturated carbocycles. The Morgan fingerprint density at radius 3 is 2.56 bits per heavy atom. The van der Waals surface area contributed by atoms with E-state index in [0.29, 0.717) is 6.61 Å². The molecule has 2 nitrogen and oxygen atoms in total. The van der Waals surface area contributed by atoms with Gasteiger partial charge in [0, 0.05) is 22.7 Å². The lowest BCUT2D eigenvalue weighted by Gasteiger charge is -2.21. The smallest absolute Gasteiger partial charge is 0.123 e. The van der Waals surface area contributed by atoms with Gasteiger partial charge in [0.1, 0.15) is 5.75 Å². The van der Waals surface area contributed by atoms with Crippen LogP contribution in [0.3, 0.4) is 0 Å².